The van der Waals surface area contributed by atoms with Gasteiger partial charge in [-0.15, -0.1) is 11.3 Å². The maximum atomic E-state index is 6.34. The molecule has 2 rings (SSSR count). The van der Waals surface area contributed by atoms with Gasteiger partial charge in [0.05, 0.1) is 0 Å². The highest BCUT2D eigenvalue weighted by molar-refractivity contribution is 7.17. The van der Waals surface area contributed by atoms with Crippen LogP contribution in [-0.2, 0) is 6.42 Å². The number of unbranched alkanes of at least 4 members (excludes halogenated alkanes) is 1. The van der Waals surface area contributed by atoms with E-state index < -0.39 is 0 Å². The zero-order chi connectivity index (χ0) is 13.0. The molecule has 18 heavy (non-hydrogen) atoms. The van der Waals surface area contributed by atoms with E-state index >= 15 is 0 Å². The molecule has 0 amide bonds. The average molecular weight is 261 g/mol. The lowest BCUT2D eigenvalue weighted by molar-refractivity contribution is 0.411. The van der Waals surface area contributed by atoms with Gasteiger partial charge in [-0.1, -0.05) is 44.9 Å². The van der Waals surface area contributed by atoms with Crippen molar-refractivity contribution < 1.29 is 0 Å². The molecular formula is C16H23NS. The fourth-order valence-corrected chi connectivity index (χ4v) is 3.36. The second-order valence-corrected chi connectivity index (χ2v) is 6.16. The molecule has 0 saturated carbocycles. The predicted octanol–water partition coefficient (Wildman–Crippen LogP) is 4.60. The molecule has 0 aliphatic heterocycles. The molecule has 2 heteroatoms. The van der Waals surface area contributed by atoms with Crippen LogP contribution >= 0.6 is 11.3 Å². The lowest BCUT2D eigenvalue weighted by Crippen LogP contribution is -2.30. The Labute approximate surface area is 114 Å². The number of benzene rings is 1. The molecule has 2 atom stereocenters. The molecule has 98 valence electrons. The molecule has 1 heterocycles. The van der Waals surface area contributed by atoms with Gasteiger partial charge in [-0.25, -0.2) is 0 Å². The molecule has 0 radical (unpaired) electrons. The Balaban J connectivity index is 2.04. The van der Waals surface area contributed by atoms with Crippen molar-refractivity contribution in [3.05, 3.63) is 35.2 Å². The standard InChI is InChI=1S/C16H23NS/c1-3-4-7-12(2)15(17)10-13-11-18-16-9-6-5-8-14(13)16/h5-6,8-9,11-12,15H,3-4,7,10,17H2,1-2H3. The van der Waals surface area contributed by atoms with Crippen LogP contribution in [0.1, 0.15) is 38.7 Å². The number of hydrogen-bond donors (Lipinski definition) is 1. The summed E-state index contributed by atoms with van der Waals surface area (Å²) in [5.74, 6) is 0.614. The number of fused-ring (bicyclic) bond motifs is 1. The Morgan fingerprint density at radius 3 is 2.83 bits per heavy atom. The lowest BCUT2D eigenvalue weighted by atomic mass is 9.91. The van der Waals surface area contributed by atoms with Crippen LogP contribution in [-0.4, -0.2) is 6.04 Å². The van der Waals surface area contributed by atoms with Crippen molar-refractivity contribution in [2.75, 3.05) is 0 Å². The molecule has 0 spiro atoms. The van der Waals surface area contributed by atoms with Crippen molar-refractivity contribution in [2.45, 2.75) is 45.6 Å². The van der Waals surface area contributed by atoms with Crippen LogP contribution in [0.15, 0.2) is 29.6 Å². The van der Waals surface area contributed by atoms with Crippen molar-refractivity contribution in [1.29, 1.82) is 0 Å². The van der Waals surface area contributed by atoms with Crippen molar-refractivity contribution >= 4 is 21.4 Å². The fourth-order valence-electron chi connectivity index (χ4n) is 2.39. The third-order valence-corrected chi connectivity index (χ3v) is 4.77. The van der Waals surface area contributed by atoms with E-state index in [1.165, 1.54) is 34.9 Å². The summed E-state index contributed by atoms with van der Waals surface area (Å²) in [5.41, 5.74) is 7.77. The van der Waals surface area contributed by atoms with Crippen LogP contribution in [0.5, 0.6) is 0 Å². The van der Waals surface area contributed by atoms with Crippen LogP contribution < -0.4 is 5.73 Å². The Hall–Kier alpha value is -0.860. The maximum Gasteiger partial charge on any atom is 0.0345 e. The second-order valence-electron chi connectivity index (χ2n) is 5.24. The highest BCUT2D eigenvalue weighted by Gasteiger charge is 2.14. The van der Waals surface area contributed by atoms with Gasteiger partial charge in [0, 0.05) is 10.7 Å². The summed E-state index contributed by atoms with van der Waals surface area (Å²) >= 11 is 1.83. The van der Waals surface area contributed by atoms with Crippen LogP contribution in [0.2, 0.25) is 0 Å². The van der Waals surface area contributed by atoms with Crippen molar-refractivity contribution in [2.24, 2.45) is 11.7 Å². The number of thiophene rings is 1. The fraction of sp³-hybridized carbons (Fsp3) is 0.500. The second kappa shape index (κ2) is 6.35. The summed E-state index contributed by atoms with van der Waals surface area (Å²) in [6, 6.07) is 8.91. The van der Waals surface area contributed by atoms with Crippen LogP contribution in [0.4, 0.5) is 0 Å². The summed E-state index contributed by atoms with van der Waals surface area (Å²) in [6.07, 6.45) is 4.81. The predicted molar refractivity (Wildman–Crippen MR) is 82.2 cm³/mol. The van der Waals surface area contributed by atoms with E-state index in [1.807, 2.05) is 11.3 Å². The van der Waals surface area contributed by atoms with Gasteiger partial charge < -0.3 is 5.73 Å². The number of nitrogens with two attached hydrogens (primary N) is 1. The average Bonchev–Trinajstić information content (AvgIpc) is 2.79. The van der Waals surface area contributed by atoms with Crippen molar-refractivity contribution in [1.82, 2.24) is 0 Å². The first-order valence-corrected chi connectivity index (χ1v) is 7.81. The van der Waals surface area contributed by atoms with E-state index in [2.05, 4.69) is 43.5 Å². The van der Waals surface area contributed by atoms with E-state index in [1.54, 1.807) is 0 Å². The molecular weight excluding hydrogens is 238 g/mol. The van der Waals surface area contributed by atoms with E-state index in [0.717, 1.165) is 6.42 Å². The smallest absolute Gasteiger partial charge is 0.0345 e. The number of hydrogen-bond acceptors (Lipinski definition) is 2. The van der Waals surface area contributed by atoms with Crippen molar-refractivity contribution in [3.8, 4) is 0 Å². The minimum absolute atomic E-state index is 0.287. The summed E-state index contributed by atoms with van der Waals surface area (Å²) in [4.78, 5) is 0. The van der Waals surface area contributed by atoms with Crippen LogP contribution in [0.3, 0.4) is 0 Å². The van der Waals surface area contributed by atoms with Gasteiger partial charge in [0.25, 0.3) is 0 Å². The third kappa shape index (κ3) is 3.12. The Kier molecular flexibility index (Phi) is 4.79. The largest absolute Gasteiger partial charge is 0.327 e. The quantitative estimate of drug-likeness (QED) is 0.808. The van der Waals surface area contributed by atoms with E-state index in [-0.39, 0.29) is 6.04 Å². The van der Waals surface area contributed by atoms with Crippen molar-refractivity contribution in [3.63, 3.8) is 0 Å². The van der Waals surface area contributed by atoms with Gasteiger partial charge in [0.1, 0.15) is 0 Å². The SMILES string of the molecule is CCCCC(C)C(N)Cc1csc2ccccc12. The maximum absolute atomic E-state index is 6.34. The van der Waals surface area contributed by atoms with E-state index in [4.69, 9.17) is 5.73 Å². The first-order chi connectivity index (χ1) is 8.72. The highest BCUT2D eigenvalue weighted by atomic mass is 32.1. The van der Waals surface area contributed by atoms with Crippen LogP contribution in [0, 0.1) is 5.92 Å². The first kappa shape index (κ1) is 13.6. The Bertz CT molecular complexity index is 489. The zero-order valence-electron chi connectivity index (χ0n) is 11.4. The van der Waals surface area contributed by atoms with Gasteiger partial charge in [-0.3, -0.25) is 0 Å². The third-order valence-electron chi connectivity index (χ3n) is 3.76. The van der Waals surface area contributed by atoms with Gasteiger partial charge in [-0.2, -0.15) is 0 Å². The lowest BCUT2D eigenvalue weighted by Gasteiger charge is -2.19. The molecule has 1 aromatic heterocycles. The molecule has 0 saturated heterocycles. The molecule has 0 aliphatic carbocycles. The van der Waals surface area contributed by atoms with Gasteiger partial charge in [-0.05, 0) is 41.2 Å². The molecule has 2 unspecified atom stereocenters. The highest BCUT2D eigenvalue weighted by Crippen LogP contribution is 2.27. The normalized spacial score (nSPS) is 14.8. The molecule has 1 aromatic carbocycles. The van der Waals surface area contributed by atoms with Gasteiger partial charge in [0.2, 0.25) is 0 Å². The molecule has 0 bridgehead atoms. The van der Waals surface area contributed by atoms with E-state index in [0.29, 0.717) is 5.92 Å². The summed E-state index contributed by atoms with van der Waals surface area (Å²) in [7, 11) is 0. The van der Waals surface area contributed by atoms with Crippen LogP contribution in [0.25, 0.3) is 10.1 Å². The first-order valence-electron chi connectivity index (χ1n) is 6.93. The number of rotatable bonds is 6. The minimum atomic E-state index is 0.287. The van der Waals surface area contributed by atoms with E-state index in [9.17, 15) is 0 Å². The molecule has 0 fully saturated rings. The Morgan fingerprint density at radius 2 is 2.06 bits per heavy atom. The summed E-state index contributed by atoms with van der Waals surface area (Å²) < 4.78 is 1.38. The Morgan fingerprint density at radius 1 is 1.28 bits per heavy atom. The molecule has 0 aliphatic rings. The minimum Gasteiger partial charge on any atom is -0.327 e. The molecule has 1 nitrogen and oxygen atoms in total. The zero-order valence-corrected chi connectivity index (χ0v) is 12.2. The summed E-state index contributed by atoms with van der Waals surface area (Å²) in [6.45, 7) is 4.53. The molecule has 2 N–H and O–H groups in total. The topological polar surface area (TPSA) is 26.0 Å². The summed E-state index contributed by atoms with van der Waals surface area (Å²) in [5, 5.41) is 3.66. The monoisotopic (exact) mass is 261 g/mol. The molecule has 2 aromatic rings. The van der Waals surface area contributed by atoms with Gasteiger partial charge >= 0.3 is 0 Å². The van der Waals surface area contributed by atoms with Gasteiger partial charge in [0.15, 0.2) is 0 Å².